The van der Waals surface area contributed by atoms with Crippen LogP contribution in [0.4, 0.5) is 0 Å². The average Bonchev–Trinajstić information content (AvgIpc) is 2.65. The maximum absolute atomic E-state index is 11.3. The van der Waals surface area contributed by atoms with Crippen LogP contribution in [-0.4, -0.2) is 54.6 Å². The van der Waals surface area contributed by atoms with Gasteiger partial charge in [-0.25, -0.2) is 0 Å². The molecule has 1 rings (SSSR count). The number of carbonyl (C=O) groups excluding carboxylic acids is 4. The number of hydrogen-bond acceptors (Lipinski definition) is 9. The molecule has 0 aromatic heterocycles. The van der Waals surface area contributed by atoms with Crippen LogP contribution in [0.3, 0.4) is 0 Å². The third kappa shape index (κ3) is 5.51. The first-order valence-corrected chi connectivity index (χ1v) is 6.96. The van der Waals surface area contributed by atoms with Gasteiger partial charge < -0.3 is 23.7 Å². The molecule has 1 fully saturated rings. The standard InChI is InChI=1S/C14H20O9/c1-6(19-7(2)15)11-12(20-8(3)16)13(21-9(4)17)14(23-11)22-10(5)18/h6,11-14H,1-5H3/t6-,11+,12+,13+,14?/m0/s1. The third-order valence-electron chi connectivity index (χ3n) is 2.91. The first-order valence-electron chi connectivity index (χ1n) is 6.96. The van der Waals surface area contributed by atoms with Crippen LogP contribution in [0.2, 0.25) is 0 Å². The third-order valence-corrected chi connectivity index (χ3v) is 2.91. The second-order valence-electron chi connectivity index (χ2n) is 5.04. The van der Waals surface area contributed by atoms with Gasteiger partial charge in [0.1, 0.15) is 12.2 Å². The van der Waals surface area contributed by atoms with E-state index in [1.165, 1.54) is 13.8 Å². The highest BCUT2D eigenvalue weighted by Crippen LogP contribution is 2.31. The van der Waals surface area contributed by atoms with Crippen LogP contribution in [0.25, 0.3) is 0 Å². The zero-order valence-electron chi connectivity index (χ0n) is 13.6. The molecule has 0 aromatic rings. The number of ether oxygens (including phenoxy) is 5. The highest BCUT2D eigenvalue weighted by molar-refractivity contribution is 5.68. The molecule has 1 aliphatic rings. The molecule has 5 atom stereocenters. The molecule has 0 radical (unpaired) electrons. The molecule has 0 bridgehead atoms. The van der Waals surface area contributed by atoms with E-state index in [-0.39, 0.29) is 0 Å². The maximum Gasteiger partial charge on any atom is 0.305 e. The summed E-state index contributed by atoms with van der Waals surface area (Å²) in [4.78, 5) is 44.9. The Kier molecular flexibility index (Phi) is 6.49. The van der Waals surface area contributed by atoms with Crippen molar-refractivity contribution in [2.45, 2.75) is 65.3 Å². The van der Waals surface area contributed by atoms with Gasteiger partial charge in [-0.15, -0.1) is 0 Å². The molecule has 9 nitrogen and oxygen atoms in total. The summed E-state index contributed by atoms with van der Waals surface area (Å²) < 4.78 is 25.6. The Morgan fingerprint density at radius 2 is 1.26 bits per heavy atom. The number of esters is 4. The first-order chi connectivity index (χ1) is 10.6. The van der Waals surface area contributed by atoms with E-state index in [9.17, 15) is 19.2 Å². The van der Waals surface area contributed by atoms with Crippen LogP contribution in [-0.2, 0) is 42.9 Å². The van der Waals surface area contributed by atoms with Crippen molar-refractivity contribution < 1.29 is 42.9 Å². The highest BCUT2D eigenvalue weighted by atomic mass is 16.8. The summed E-state index contributed by atoms with van der Waals surface area (Å²) in [6.45, 7) is 6.19. The molecule has 0 spiro atoms. The average molecular weight is 332 g/mol. The molecule has 1 heterocycles. The van der Waals surface area contributed by atoms with Crippen molar-refractivity contribution in [1.82, 2.24) is 0 Å². The molecule has 0 aromatic carbocycles. The van der Waals surface area contributed by atoms with Crippen molar-refractivity contribution >= 4 is 23.9 Å². The molecule has 0 amide bonds. The van der Waals surface area contributed by atoms with Crippen LogP contribution in [0.15, 0.2) is 0 Å². The smallest absolute Gasteiger partial charge is 0.305 e. The lowest BCUT2D eigenvalue weighted by molar-refractivity contribution is -0.200. The topological polar surface area (TPSA) is 114 Å². The summed E-state index contributed by atoms with van der Waals surface area (Å²) in [7, 11) is 0. The van der Waals surface area contributed by atoms with Crippen LogP contribution in [0.5, 0.6) is 0 Å². The minimum atomic E-state index is -1.27. The molecule has 1 saturated heterocycles. The lowest BCUT2D eigenvalue weighted by atomic mass is 10.1. The van der Waals surface area contributed by atoms with E-state index in [0.717, 1.165) is 20.8 Å². The van der Waals surface area contributed by atoms with Gasteiger partial charge in [0.25, 0.3) is 0 Å². The molecule has 1 aliphatic heterocycles. The Morgan fingerprint density at radius 3 is 1.70 bits per heavy atom. The van der Waals surface area contributed by atoms with E-state index in [4.69, 9.17) is 23.7 Å². The van der Waals surface area contributed by atoms with Gasteiger partial charge in [0, 0.05) is 27.7 Å². The van der Waals surface area contributed by atoms with Crippen molar-refractivity contribution in [3.63, 3.8) is 0 Å². The Balaban J connectivity index is 3.06. The van der Waals surface area contributed by atoms with Crippen molar-refractivity contribution in [1.29, 1.82) is 0 Å². The van der Waals surface area contributed by atoms with Crippen molar-refractivity contribution in [3.8, 4) is 0 Å². The van der Waals surface area contributed by atoms with Crippen LogP contribution in [0, 0.1) is 0 Å². The lowest BCUT2D eigenvalue weighted by Crippen LogP contribution is -2.44. The summed E-state index contributed by atoms with van der Waals surface area (Å²) in [6.07, 6.45) is -5.31. The van der Waals surface area contributed by atoms with Gasteiger partial charge in [-0.1, -0.05) is 0 Å². The Bertz CT molecular complexity index is 487. The van der Waals surface area contributed by atoms with Gasteiger partial charge in [-0.2, -0.15) is 0 Å². The predicted octanol–water partition coefficient (Wildman–Crippen LogP) is 0.0894. The molecule has 130 valence electrons. The quantitative estimate of drug-likeness (QED) is 0.510. The van der Waals surface area contributed by atoms with Gasteiger partial charge in [0.05, 0.1) is 0 Å². The van der Waals surface area contributed by atoms with E-state index in [1.807, 2.05) is 0 Å². The van der Waals surface area contributed by atoms with E-state index < -0.39 is 54.6 Å². The number of carbonyl (C=O) groups is 4. The van der Waals surface area contributed by atoms with Gasteiger partial charge >= 0.3 is 23.9 Å². The molecule has 9 heteroatoms. The summed E-state index contributed by atoms with van der Waals surface area (Å²) in [6, 6.07) is 0. The predicted molar refractivity (Wildman–Crippen MR) is 72.8 cm³/mol. The first kappa shape index (κ1) is 18.9. The number of rotatable bonds is 5. The molecule has 0 saturated carbocycles. The minimum absolute atomic E-state index is 0.567. The van der Waals surface area contributed by atoms with Gasteiger partial charge in [-0.3, -0.25) is 19.2 Å². The van der Waals surface area contributed by atoms with Crippen LogP contribution < -0.4 is 0 Å². The molecular formula is C14H20O9. The second kappa shape index (κ2) is 7.91. The Morgan fingerprint density at radius 1 is 0.783 bits per heavy atom. The van der Waals surface area contributed by atoms with Crippen molar-refractivity contribution in [3.05, 3.63) is 0 Å². The molecule has 1 unspecified atom stereocenters. The zero-order valence-corrected chi connectivity index (χ0v) is 13.6. The van der Waals surface area contributed by atoms with E-state index in [2.05, 4.69) is 0 Å². The Labute approximate surface area is 133 Å². The maximum atomic E-state index is 11.3. The fourth-order valence-electron chi connectivity index (χ4n) is 2.26. The molecule has 0 N–H and O–H groups in total. The monoisotopic (exact) mass is 332 g/mol. The lowest BCUT2D eigenvalue weighted by Gasteiger charge is -2.25. The highest BCUT2D eigenvalue weighted by Gasteiger charge is 2.53. The van der Waals surface area contributed by atoms with Crippen molar-refractivity contribution in [2.24, 2.45) is 0 Å². The van der Waals surface area contributed by atoms with Crippen LogP contribution in [0.1, 0.15) is 34.6 Å². The Hall–Kier alpha value is -2.16. The molecule has 23 heavy (non-hydrogen) atoms. The fourth-order valence-corrected chi connectivity index (χ4v) is 2.26. The second-order valence-corrected chi connectivity index (χ2v) is 5.04. The molecule has 0 aliphatic carbocycles. The number of hydrogen-bond donors (Lipinski definition) is 0. The van der Waals surface area contributed by atoms with Gasteiger partial charge in [-0.05, 0) is 6.92 Å². The van der Waals surface area contributed by atoms with Gasteiger partial charge in [0.15, 0.2) is 6.10 Å². The van der Waals surface area contributed by atoms with E-state index >= 15 is 0 Å². The molecular weight excluding hydrogens is 312 g/mol. The van der Waals surface area contributed by atoms with E-state index in [0.29, 0.717) is 0 Å². The van der Waals surface area contributed by atoms with E-state index in [1.54, 1.807) is 0 Å². The van der Waals surface area contributed by atoms with Gasteiger partial charge in [0.2, 0.25) is 12.4 Å². The largest absolute Gasteiger partial charge is 0.460 e. The normalized spacial score (nSPS) is 27.7. The van der Waals surface area contributed by atoms with Crippen LogP contribution >= 0.6 is 0 Å². The summed E-state index contributed by atoms with van der Waals surface area (Å²) in [5, 5.41) is 0. The zero-order chi connectivity index (χ0) is 17.7. The van der Waals surface area contributed by atoms with Crippen molar-refractivity contribution in [2.75, 3.05) is 0 Å². The minimum Gasteiger partial charge on any atom is -0.460 e. The summed E-state index contributed by atoms with van der Waals surface area (Å²) in [5.41, 5.74) is 0. The summed E-state index contributed by atoms with van der Waals surface area (Å²) in [5.74, 6) is -2.56. The fraction of sp³-hybridized carbons (Fsp3) is 0.714. The summed E-state index contributed by atoms with van der Waals surface area (Å²) >= 11 is 0. The SMILES string of the molecule is CC(=O)OC1O[C@H]([C@H](C)OC(C)=O)[C@@H](OC(C)=O)[C@H]1OC(C)=O.